The first kappa shape index (κ1) is 15.4. The van der Waals surface area contributed by atoms with E-state index in [4.69, 9.17) is 11.6 Å². The van der Waals surface area contributed by atoms with Crippen LogP contribution in [-0.2, 0) is 4.79 Å². The maximum Gasteiger partial charge on any atom is 0.235 e. The van der Waals surface area contributed by atoms with Gasteiger partial charge in [-0.25, -0.2) is 4.68 Å². The Kier molecular flexibility index (Phi) is 4.74. The third-order valence-corrected chi connectivity index (χ3v) is 5.34. The number of carbonyl (C=O) groups is 1. The second-order valence-corrected chi connectivity index (χ2v) is 6.93. The van der Waals surface area contributed by atoms with Gasteiger partial charge in [0.25, 0.3) is 0 Å². The molecule has 1 aromatic carbocycles. The second kappa shape index (κ2) is 6.75. The zero-order chi connectivity index (χ0) is 15.5. The topological polar surface area (TPSA) is 46.9 Å². The Balaban J connectivity index is 1.58. The van der Waals surface area contributed by atoms with Crippen LogP contribution in [0.3, 0.4) is 0 Å². The molecule has 0 radical (unpaired) electrons. The van der Waals surface area contributed by atoms with E-state index in [1.54, 1.807) is 6.20 Å². The lowest BCUT2D eigenvalue weighted by atomic mass is 10.2. The molecule has 1 N–H and O–H groups in total. The molecule has 1 saturated carbocycles. The highest BCUT2D eigenvalue weighted by molar-refractivity contribution is 8.00. The minimum absolute atomic E-state index is 0.0466. The van der Waals surface area contributed by atoms with Crippen LogP contribution < -0.4 is 5.32 Å². The van der Waals surface area contributed by atoms with Crippen molar-refractivity contribution in [3.63, 3.8) is 0 Å². The van der Waals surface area contributed by atoms with Crippen LogP contribution >= 0.6 is 23.4 Å². The van der Waals surface area contributed by atoms with Crippen molar-refractivity contribution in [1.29, 1.82) is 0 Å². The lowest BCUT2D eigenvalue weighted by Gasteiger charge is -2.15. The molecule has 1 unspecified atom stereocenters. The number of amides is 1. The van der Waals surface area contributed by atoms with Crippen molar-refractivity contribution < 1.29 is 4.79 Å². The van der Waals surface area contributed by atoms with Crippen LogP contribution in [-0.4, -0.2) is 21.4 Å². The molecular formula is C16H18ClN3OS. The molecule has 6 heteroatoms. The van der Waals surface area contributed by atoms with E-state index in [0.717, 1.165) is 10.7 Å². The summed E-state index contributed by atoms with van der Waals surface area (Å²) in [6.45, 7) is 2.15. The van der Waals surface area contributed by atoms with Gasteiger partial charge in [0, 0.05) is 11.0 Å². The predicted octanol–water partition coefficient (Wildman–Crippen LogP) is 4.24. The van der Waals surface area contributed by atoms with Gasteiger partial charge in [0.15, 0.2) is 0 Å². The first-order chi connectivity index (χ1) is 10.6. The average molecular weight is 336 g/mol. The van der Waals surface area contributed by atoms with Crippen LogP contribution in [0.5, 0.6) is 0 Å². The number of hydrogen-bond donors (Lipinski definition) is 1. The van der Waals surface area contributed by atoms with Gasteiger partial charge in [-0.2, -0.15) is 5.10 Å². The van der Waals surface area contributed by atoms with Crippen molar-refractivity contribution in [3.8, 4) is 0 Å². The Morgan fingerprint density at radius 3 is 2.95 bits per heavy atom. The molecule has 1 heterocycles. The average Bonchev–Trinajstić information content (AvgIpc) is 3.26. The Morgan fingerprint density at radius 2 is 2.23 bits per heavy atom. The smallest absolute Gasteiger partial charge is 0.235 e. The molecule has 22 heavy (non-hydrogen) atoms. The standard InChI is InChI=1S/C16H18ClN3OS/c1-11(12-6-7-12)20-15(8-9-18-20)19-16(21)10-22-14-5-3-2-4-13(14)17/h2-5,8-9,11-12H,6-7,10H2,1H3,(H,19,21). The van der Waals surface area contributed by atoms with Gasteiger partial charge in [-0.15, -0.1) is 11.8 Å². The van der Waals surface area contributed by atoms with Crippen LogP contribution in [0, 0.1) is 5.92 Å². The lowest BCUT2D eigenvalue weighted by Crippen LogP contribution is -2.19. The van der Waals surface area contributed by atoms with Gasteiger partial charge in [0.2, 0.25) is 5.91 Å². The van der Waals surface area contributed by atoms with Crippen molar-refractivity contribution in [2.24, 2.45) is 5.92 Å². The molecular weight excluding hydrogens is 318 g/mol. The molecule has 1 fully saturated rings. The highest BCUT2D eigenvalue weighted by atomic mass is 35.5. The minimum atomic E-state index is -0.0466. The summed E-state index contributed by atoms with van der Waals surface area (Å²) in [5, 5.41) is 7.95. The Morgan fingerprint density at radius 1 is 1.45 bits per heavy atom. The number of rotatable bonds is 6. The van der Waals surface area contributed by atoms with Crippen LogP contribution in [0.4, 0.5) is 5.82 Å². The maximum atomic E-state index is 12.1. The maximum absolute atomic E-state index is 12.1. The van der Waals surface area contributed by atoms with Crippen molar-refractivity contribution in [2.75, 3.05) is 11.1 Å². The summed E-state index contributed by atoms with van der Waals surface area (Å²) in [5.41, 5.74) is 0. The van der Waals surface area contributed by atoms with Gasteiger partial charge >= 0.3 is 0 Å². The number of nitrogens with one attached hydrogen (secondary N) is 1. The van der Waals surface area contributed by atoms with Crippen molar-refractivity contribution in [2.45, 2.75) is 30.7 Å². The molecule has 2 aromatic rings. The molecule has 0 bridgehead atoms. The molecule has 0 saturated heterocycles. The Bertz CT molecular complexity index is 669. The number of anilines is 1. The summed E-state index contributed by atoms with van der Waals surface area (Å²) in [5.74, 6) is 1.74. The van der Waals surface area contributed by atoms with Gasteiger partial charge in [-0.1, -0.05) is 23.7 Å². The lowest BCUT2D eigenvalue weighted by molar-refractivity contribution is -0.113. The number of halogens is 1. The zero-order valence-electron chi connectivity index (χ0n) is 12.3. The summed E-state index contributed by atoms with van der Waals surface area (Å²) in [4.78, 5) is 13.1. The first-order valence-electron chi connectivity index (χ1n) is 7.36. The van der Waals surface area contributed by atoms with E-state index in [1.807, 2.05) is 35.0 Å². The van der Waals surface area contributed by atoms with E-state index < -0.39 is 0 Å². The minimum Gasteiger partial charge on any atom is -0.310 e. The molecule has 1 atom stereocenters. The quantitative estimate of drug-likeness (QED) is 0.803. The van der Waals surface area contributed by atoms with Crippen molar-refractivity contribution in [1.82, 2.24) is 9.78 Å². The van der Waals surface area contributed by atoms with E-state index in [2.05, 4.69) is 17.3 Å². The number of thioether (sulfide) groups is 1. The summed E-state index contributed by atoms with van der Waals surface area (Å²) in [6.07, 6.45) is 4.23. The predicted molar refractivity (Wildman–Crippen MR) is 90.5 cm³/mol. The zero-order valence-corrected chi connectivity index (χ0v) is 13.9. The van der Waals surface area contributed by atoms with Gasteiger partial charge in [0.1, 0.15) is 5.82 Å². The van der Waals surface area contributed by atoms with Gasteiger partial charge < -0.3 is 5.32 Å². The fourth-order valence-corrected chi connectivity index (χ4v) is 3.44. The summed E-state index contributed by atoms with van der Waals surface area (Å²) in [7, 11) is 0. The Hall–Kier alpha value is -1.46. The molecule has 1 amide bonds. The molecule has 3 rings (SSSR count). The highest BCUT2D eigenvalue weighted by Crippen LogP contribution is 2.40. The molecule has 1 aliphatic rings. The largest absolute Gasteiger partial charge is 0.310 e. The molecule has 116 valence electrons. The number of hydrogen-bond acceptors (Lipinski definition) is 3. The first-order valence-corrected chi connectivity index (χ1v) is 8.72. The van der Waals surface area contributed by atoms with Crippen LogP contribution in [0.15, 0.2) is 41.4 Å². The van der Waals surface area contributed by atoms with Gasteiger partial charge in [-0.3, -0.25) is 4.79 Å². The number of nitrogens with zero attached hydrogens (tertiary/aromatic N) is 2. The molecule has 0 spiro atoms. The second-order valence-electron chi connectivity index (χ2n) is 5.51. The SMILES string of the molecule is CC(C1CC1)n1nccc1NC(=O)CSc1ccccc1Cl. The van der Waals surface area contributed by atoms with Crippen molar-refractivity contribution in [3.05, 3.63) is 41.6 Å². The third kappa shape index (κ3) is 3.65. The molecule has 4 nitrogen and oxygen atoms in total. The fraction of sp³-hybridized carbons (Fsp3) is 0.375. The molecule has 1 aliphatic carbocycles. The van der Waals surface area contributed by atoms with E-state index in [0.29, 0.717) is 22.7 Å². The normalized spacial score (nSPS) is 15.5. The van der Waals surface area contributed by atoms with Crippen LogP contribution in [0.25, 0.3) is 0 Å². The number of aromatic nitrogens is 2. The van der Waals surface area contributed by atoms with Crippen molar-refractivity contribution >= 4 is 35.1 Å². The van der Waals surface area contributed by atoms with Gasteiger partial charge in [0.05, 0.1) is 23.0 Å². The summed E-state index contributed by atoms with van der Waals surface area (Å²) >= 11 is 7.53. The molecule has 1 aromatic heterocycles. The number of carbonyl (C=O) groups excluding carboxylic acids is 1. The van der Waals surface area contributed by atoms with Gasteiger partial charge in [-0.05, 0) is 37.8 Å². The third-order valence-electron chi connectivity index (χ3n) is 3.82. The summed E-state index contributed by atoms with van der Waals surface area (Å²) in [6, 6.07) is 9.72. The van der Waals surface area contributed by atoms with E-state index in [1.165, 1.54) is 24.6 Å². The monoisotopic (exact) mass is 335 g/mol. The fourth-order valence-electron chi connectivity index (χ4n) is 2.40. The van der Waals surface area contributed by atoms with E-state index in [9.17, 15) is 4.79 Å². The Labute approximate surface area is 139 Å². The highest BCUT2D eigenvalue weighted by Gasteiger charge is 2.30. The summed E-state index contributed by atoms with van der Waals surface area (Å²) < 4.78 is 1.91. The molecule has 0 aliphatic heterocycles. The van der Waals surface area contributed by atoms with E-state index in [-0.39, 0.29) is 5.91 Å². The van der Waals surface area contributed by atoms with Crippen LogP contribution in [0.1, 0.15) is 25.8 Å². The number of benzene rings is 1. The van der Waals surface area contributed by atoms with E-state index >= 15 is 0 Å². The van der Waals surface area contributed by atoms with Crippen LogP contribution in [0.2, 0.25) is 5.02 Å².